The molecular formula is C7H6N5O3S. The van der Waals surface area contributed by atoms with Crippen molar-refractivity contribution in [2.45, 2.75) is 11.6 Å². The quantitative estimate of drug-likeness (QED) is 0.363. The van der Waals surface area contributed by atoms with Crippen LogP contribution in [0, 0.1) is 0 Å². The van der Waals surface area contributed by atoms with E-state index in [-0.39, 0.29) is 23.2 Å². The van der Waals surface area contributed by atoms with Crippen LogP contribution in [0.4, 0.5) is 0 Å². The third-order valence-corrected chi connectivity index (χ3v) is 2.09. The molecule has 0 saturated carbocycles. The van der Waals surface area contributed by atoms with Gasteiger partial charge < -0.3 is 5.11 Å². The van der Waals surface area contributed by atoms with E-state index in [0.717, 1.165) is 0 Å². The fourth-order valence-corrected chi connectivity index (χ4v) is 1.37. The molecule has 83 valence electrons. The summed E-state index contributed by atoms with van der Waals surface area (Å²) in [5.41, 5.74) is 1.74. The summed E-state index contributed by atoms with van der Waals surface area (Å²) < 4.78 is 1.17. The number of aromatic nitrogens is 4. The number of rotatable bonds is 2. The van der Waals surface area contributed by atoms with Crippen molar-refractivity contribution in [3.8, 4) is 0 Å². The van der Waals surface area contributed by atoms with Gasteiger partial charge in [0, 0.05) is 0 Å². The molecule has 0 atom stereocenters. The van der Waals surface area contributed by atoms with Crippen LogP contribution in [0.3, 0.4) is 0 Å². The fourth-order valence-electron chi connectivity index (χ4n) is 1.12. The van der Waals surface area contributed by atoms with Crippen LogP contribution in [0.1, 0.15) is 16.3 Å². The predicted molar refractivity (Wildman–Crippen MR) is 51.8 cm³/mol. The second-order valence-corrected chi connectivity index (χ2v) is 3.25. The van der Waals surface area contributed by atoms with Crippen LogP contribution < -0.4 is 5.48 Å². The van der Waals surface area contributed by atoms with Gasteiger partial charge in [-0.3, -0.25) is 10.0 Å². The lowest BCUT2D eigenvalue weighted by Gasteiger charge is -1.97. The Balaban J connectivity index is 2.61. The van der Waals surface area contributed by atoms with Crippen molar-refractivity contribution in [2.24, 2.45) is 0 Å². The molecule has 2 aromatic heterocycles. The average molecular weight is 240 g/mol. The molecule has 0 bridgehead atoms. The van der Waals surface area contributed by atoms with Gasteiger partial charge in [-0.2, -0.15) is 9.50 Å². The monoisotopic (exact) mass is 240 g/mol. The zero-order chi connectivity index (χ0) is 11.7. The molecule has 3 N–H and O–H groups in total. The summed E-state index contributed by atoms with van der Waals surface area (Å²) in [6.07, 6.45) is 0. The van der Waals surface area contributed by atoms with Crippen LogP contribution in [0.2, 0.25) is 0 Å². The van der Waals surface area contributed by atoms with Gasteiger partial charge >= 0.3 is 5.91 Å². The van der Waals surface area contributed by atoms with Gasteiger partial charge in [-0.25, -0.2) is 10.5 Å². The van der Waals surface area contributed by atoms with E-state index in [4.69, 9.17) is 22.9 Å². The minimum atomic E-state index is -0.856. The first-order chi connectivity index (χ1) is 7.65. The molecule has 0 saturated heterocycles. The van der Waals surface area contributed by atoms with Crippen molar-refractivity contribution in [3.63, 3.8) is 0 Å². The van der Waals surface area contributed by atoms with Gasteiger partial charge in [0.25, 0.3) is 5.78 Å². The highest BCUT2D eigenvalue weighted by molar-refractivity contribution is 7.80. The normalized spacial score (nSPS) is 10.6. The Morgan fingerprint density at radius 1 is 1.56 bits per heavy atom. The molecule has 1 amide bonds. The number of aliphatic hydroxyl groups is 1. The third kappa shape index (κ3) is 1.66. The molecule has 1 radical (unpaired) electrons. The summed E-state index contributed by atoms with van der Waals surface area (Å²) in [6, 6.07) is 1.44. The Morgan fingerprint density at radius 2 is 2.31 bits per heavy atom. The van der Waals surface area contributed by atoms with E-state index < -0.39 is 5.91 Å². The van der Waals surface area contributed by atoms with Gasteiger partial charge in [0.2, 0.25) is 5.82 Å². The van der Waals surface area contributed by atoms with E-state index in [1.807, 2.05) is 0 Å². The minimum absolute atomic E-state index is 0.0927. The summed E-state index contributed by atoms with van der Waals surface area (Å²) >= 11 is 4.96. The van der Waals surface area contributed by atoms with Crippen molar-refractivity contribution in [1.29, 1.82) is 0 Å². The van der Waals surface area contributed by atoms with E-state index in [0.29, 0.717) is 5.69 Å². The molecule has 9 heteroatoms. The van der Waals surface area contributed by atoms with Crippen LogP contribution in [-0.4, -0.2) is 35.8 Å². The van der Waals surface area contributed by atoms with Crippen LogP contribution in [0.25, 0.3) is 5.78 Å². The Hall–Kier alpha value is -1.84. The fraction of sp³-hybridized carbons (Fsp3) is 0.143. The Morgan fingerprint density at radius 3 is 2.94 bits per heavy atom. The van der Waals surface area contributed by atoms with Gasteiger partial charge in [0.15, 0.2) is 0 Å². The Kier molecular flexibility index (Phi) is 2.64. The van der Waals surface area contributed by atoms with E-state index >= 15 is 0 Å². The predicted octanol–water partition coefficient (Wildman–Crippen LogP) is -0.708. The highest BCUT2D eigenvalue weighted by Crippen LogP contribution is 2.10. The largest absolute Gasteiger partial charge is 0.390 e. The number of nitrogens with one attached hydrogen (secondary N) is 1. The van der Waals surface area contributed by atoms with Crippen LogP contribution >= 0.6 is 12.6 Å². The number of carbonyl (C=O) groups excluding carboxylic acids is 1. The molecule has 0 aliphatic rings. The third-order valence-electron chi connectivity index (χ3n) is 1.80. The molecule has 16 heavy (non-hydrogen) atoms. The van der Waals surface area contributed by atoms with Crippen LogP contribution in [0.5, 0.6) is 0 Å². The number of fused-ring (bicyclic) bond motifs is 1. The Bertz CT molecular complexity index is 554. The topological polar surface area (TPSA) is 113 Å². The van der Waals surface area contributed by atoms with Crippen LogP contribution in [0.15, 0.2) is 11.1 Å². The maximum atomic E-state index is 11.0. The summed E-state index contributed by atoms with van der Waals surface area (Å²) in [7, 11) is 0. The summed E-state index contributed by atoms with van der Waals surface area (Å²) in [6.45, 7) is -0.283. The molecule has 2 heterocycles. The first-order valence-electron chi connectivity index (χ1n) is 4.14. The molecule has 2 rings (SSSR count). The lowest BCUT2D eigenvalue weighted by Crippen LogP contribution is -2.20. The number of nitrogens with zero attached hydrogens (tertiary/aromatic N) is 4. The zero-order valence-corrected chi connectivity index (χ0v) is 8.60. The second-order valence-electron chi connectivity index (χ2n) is 2.83. The van der Waals surface area contributed by atoms with Gasteiger partial charge in [0.05, 0.1) is 12.3 Å². The highest BCUT2D eigenvalue weighted by Gasteiger charge is 2.14. The van der Waals surface area contributed by atoms with Crippen molar-refractivity contribution < 1.29 is 15.1 Å². The number of carbonyl (C=O) groups is 1. The van der Waals surface area contributed by atoms with Crippen molar-refractivity contribution in [3.05, 3.63) is 17.6 Å². The number of hydroxylamine groups is 1. The number of hydrogen-bond donors (Lipinski definition) is 3. The smallest absolute Gasteiger partial charge is 0.314 e. The van der Waals surface area contributed by atoms with E-state index in [9.17, 15) is 4.79 Å². The average Bonchev–Trinajstić information content (AvgIpc) is 2.72. The highest BCUT2D eigenvalue weighted by atomic mass is 32.1. The standard InChI is InChI=1S/C7H6N5O3S/c13-2-3-1-4(16)12-7(8-3)9-5(10-12)6(14)11-15/h1,13,15H,2H2,(H,11,14). The zero-order valence-electron chi connectivity index (χ0n) is 7.78. The SMILES string of the molecule is O=C(NO)c1nc2nc(CO)cc([S])n2n1. The Labute approximate surface area is 94.3 Å². The van der Waals surface area contributed by atoms with Crippen LogP contribution in [-0.2, 0) is 6.61 Å². The molecule has 0 unspecified atom stereocenters. The second kappa shape index (κ2) is 3.96. The summed E-state index contributed by atoms with van der Waals surface area (Å²) in [5.74, 6) is -1.02. The molecular weight excluding hydrogens is 234 g/mol. The van der Waals surface area contributed by atoms with Gasteiger partial charge in [0.1, 0.15) is 5.03 Å². The minimum Gasteiger partial charge on any atom is -0.390 e. The van der Waals surface area contributed by atoms with Crippen molar-refractivity contribution in [2.75, 3.05) is 0 Å². The molecule has 0 aliphatic carbocycles. The van der Waals surface area contributed by atoms with Gasteiger partial charge in [-0.15, -0.1) is 5.10 Å². The van der Waals surface area contributed by atoms with Gasteiger partial charge in [-0.1, -0.05) is 12.6 Å². The maximum absolute atomic E-state index is 11.0. The number of hydrogen-bond acceptors (Lipinski definition) is 6. The van der Waals surface area contributed by atoms with Gasteiger partial charge in [-0.05, 0) is 6.07 Å². The molecule has 8 nitrogen and oxygen atoms in total. The molecule has 0 spiro atoms. The molecule has 0 aromatic carbocycles. The number of amides is 1. The van der Waals surface area contributed by atoms with E-state index in [1.54, 1.807) is 0 Å². The molecule has 0 fully saturated rings. The first kappa shape index (κ1) is 10.7. The molecule has 0 aliphatic heterocycles. The molecule has 2 aromatic rings. The van der Waals surface area contributed by atoms with E-state index in [1.165, 1.54) is 16.1 Å². The van der Waals surface area contributed by atoms with Crippen molar-refractivity contribution >= 4 is 24.3 Å². The summed E-state index contributed by atoms with van der Waals surface area (Å²) in [5, 5.41) is 21.3. The lowest BCUT2D eigenvalue weighted by molar-refractivity contribution is 0.0695. The number of aliphatic hydroxyl groups excluding tert-OH is 1. The maximum Gasteiger partial charge on any atom is 0.314 e. The van der Waals surface area contributed by atoms with Crippen molar-refractivity contribution in [1.82, 2.24) is 25.1 Å². The first-order valence-corrected chi connectivity index (χ1v) is 4.55. The van der Waals surface area contributed by atoms with E-state index in [2.05, 4.69) is 15.1 Å². The lowest BCUT2D eigenvalue weighted by atomic mass is 10.4. The summed E-state index contributed by atoms with van der Waals surface area (Å²) in [4.78, 5) is 18.7.